The Hall–Kier alpha value is -1.20. The predicted molar refractivity (Wildman–Crippen MR) is 92.4 cm³/mol. The van der Waals surface area contributed by atoms with Gasteiger partial charge in [-0.15, -0.1) is 0 Å². The van der Waals surface area contributed by atoms with Crippen molar-refractivity contribution >= 4 is 17.7 Å². The minimum absolute atomic E-state index is 0.0339. The molecule has 0 aromatic heterocycles. The first kappa shape index (κ1) is 17.2. The Bertz CT molecular complexity index is 487. The maximum absolute atomic E-state index is 11.9. The Morgan fingerprint density at radius 3 is 2.73 bits per heavy atom. The lowest BCUT2D eigenvalue weighted by molar-refractivity contribution is -0.121. The van der Waals surface area contributed by atoms with Crippen LogP contribution in [0.3, 0.4) is 0 Å². The fourth-order valence-electron chi connectivity index (χ4n) is 2.74. The molecule has 0 aliphatic carbocycles. The number of carbonyl (C=O) groups is 1. The molecule has 1 aliphatic heterocycles. The molecule has 1 fully saturated rings. The number of ether oxygens (including phenoxy) is 1. The number of thioether (sulfide) groups is 1. The Balaban J connectivity index is 1.81. The van der Waals surface area contributed by atoms with Gasteiger partial charge >= 0.3 is 0 Å². The second-order valence-electron chi connectivity index (χ2n) is 5.75. The number of piperidine rings is 1. The van der Waals surface area contributed by atoms with E-state index in [1.807, 2.05) is 25.3 Å². The Morgan fingerprint density at radius 1 is 1.41 bits per heavy atom. The standard InChI is InChI=1S/C17H26N2O2S/c1-13(22-3)17(20)18-15-8-10-19(11-9-15)12-14-6-4-5-7-16(14)21-2/h4-7,13,15H,8-12H2,1-3H3,(H,18,20). The lowest BCUT2D eigenvalue weighted by atomic mass is 10.0. The number of nitrogens with zero attached hydrogens (tertiary/aromatic N) is 1. The number of rotatable bonds is 6. The molecule has 0 bridgehead atoms. The minimum atomic E-state index is 0.0339. The van der Waals surface area contributed by atoms with Crippen LogP contribution in [0.2, 0.25) is 0 Å². The summed E-state index contributed by atoms with van der Waals surface area (Å²) in [6, 6.07) is 8.49. The van der Waals surface area contributed by atoms with Crippen LogP contribution in [-0.4, -0.2) is 48.6 Å². The number of amides is 1. The first-order chi connectivity index (χ1) is 10.6. The zero-order valence-corrected chi connectivity index (χ0v) is 14.5. The molecule has 1 aromatic rings. The lowest BCUT2D eigenvalue weighted by Gasteiger charge is -2.33. The Kier molecular flexibility index (Phi) is 6.58. The van der Waals surface area contributed by atoms with Gasteiger partial charge in [0.25, 0.3) is 0 Å². The smallest absolute Gasteiger partial charge is 0.233 e. The summed E-state index contributed by atoms with van der Waals surface area (Å²) in [4.78, 5) is 14.4. The van der Waals surface area contributed by atoms with E-state index in [9.17, 15) is 4.79 Å². The van der Waals surface area contributed by atoms with Crippen LogP contribution in [0.5, 0.6) is 5.75 Å². The van der Waals surface area contributed by atoms with E-state index < -0.39 is 0 Å². The van der Waals surface area contributed by atoms with Crippen molar-refractivity contribution in [2.24, 2.45) is 0 Å². The first-order valence-electron chi connectivity index (χ1n) is 7.81. The van der Waals surface area contributed by atoms with E-state index in [2.05, 4.69) is 22.3 Å². The highest BCUT2D eigenvalue weighted by Gasteiger charge is 2.22. The fraction of sp³-hybridized carbons (Fsp3) is 0.588. The second-order valence-corrected chi connectivity index (χ2v) is 6.93. The third-order valence-corrected chi connectivity index (χ3v) is 5.16. The predicted octanol–water partition coefficient (Wildman–Crippen LogP) is 2.53. The maximum atomic E-state index is 11.9. The Morgan fingerprint density at radius 2 is 2.09 bits per heavy atom. The SMILES string of the molecule is COc1ccccc1CN1CCC(NC(=O)C(C)SC)CC1. The van der Waals surface area contributed by atoms with E-state index in [-0.39, 0.29) is 11.2 Å². The normalized spacial score (nSPS) is 18.0. The molecule has 1 amide bonds. The van der Waals surface area contributed by atoms with Crippen molar-refractivity contribution in [1.29, 1.82) is 0 Å². The van der Waals surface area contributed by atoms with Gasteiger partial charge in [-0.1, -0.05) is 18.2 Å². The molecule has 1 unspecified atom stereocenters. The average Bonchev–Trinajstić information content (AvgIpc) is 2.56. The quantitative estimate of drug-likeness (QED) is 0.874. The zero-order chi connectivity index (χ0) is 15.9. The number of methoxy groups -OCH3 is 1. The van der Waals surface area contributed by atoms with E-state index in [1.54, 1.807) is 18.9 Å². The van der Waals surface area contributed by atoms with E-state index >= 15 is 0 Å². The zero-order valence-electron chi connectivity index (χ0n) is 13.7. The molecule has 1 aromatic carbocycles. The summed E-state index contributed by atoms with van der Waals surface area (Å²) in [5.41, 5.74) is 1.23. The summed E-state index contributed by atoms with van der Waals surface area (Å²) in [5.74, 6) is 1.11. The molecule has 4 nitrogen and oxygen atoms in total. The van der Waals surface area contributed by atoms with Crippen molar-refractivity contribution in [3.63, 3.8) is 0 Å². The summed E-state index contributed by atoms with van der Waals surface area (Å²) in [5, 5.41) is 3.20. The molecule has 0 saturated carbocycles. The minimum Gasteiger partial charge on any atom is -0.496 e. The van der Waals surface area contributed by atoms with Crippen molar-refractivity contribution in [2.75, 3.05) is 26.5 Å². The van der Waals surface area contributed by atoms with Gasteiger partial charge in [0, 0.05) is 31.2 Å². The van der Waals surface area contributed by atoms with Gasteiger partial charge in [0.05, 0.1) is 12.4 Å². The molecular weight excluding hydrogens is 296 g/mol. The number of benzene rings is 1. The van der Waals surface area contributed by atoms with Crippen molar-refractivity contribution in [3.8, 4) is 5.75 Å². The summed E-state index contributed by atoms with van der Waals surface area (Å²) in [6.07, 6.45) is 4.00. The monoisotopic (exact) mass is 322 g/mol. The van der Waals surface area contributed by atoms with Crippen molar-refractivity contribution in [1.82, 2.24) is 10.2 Å². The van der Waals surface area contributed by atoms with Gasteiger partial charge in [-0.05, 0) is 32.1 Å². The summed E-state index contributed by atoms with van der Waals surface area (Å²) < 4.78 is 5.41. The highest BCUT2D eigenvalue weighted by molar-refractivity contribution is 7.99. The van der Waals surface area contributed by atoms with Crippen LogP contribution >= 0.6 is 11.8 Å². The third kappa shape index (κ3) is 4.65. The third-order valence-electron chi connectivity index (χ3n) is 4.24. The van der Waals surface area contributed by atoms with Gasteiger partial charge in [-0.3, -0.25) is 9.69 Å². The number of hydrogen-bond acceptors (Lipinski definition) is 4. The lowest BCUT2D eigenvalue weighted by Crippen LogP contribution is -2.46. The van der Waals surface area contributed by atoms with Gasteiger partial charge < -0.3 is 10.1 Å². The first-order valence-corrected chi connectivity index (χ1v) is 9.10. The van der Waals surface area contributed by atoms with Crippen LogP contribution in [0.15, 0.2) is 24.3 Å². The topological polar surface area (TPSA) is 41.6 Å². The molecule has 2 rings (SSSR count). The molecule has 1 saturated heterocycles. The van der Waals surface area contributed by atoms with Crippen LogP contribution in [0.4, 0.5) is 0 Å². The molecule has 1 aliphatic rings. The summed E-state index contributed by atoms with van der Waals surface area (Å²) in [6.45, 7) is 4.88. The second kappa shape index (κ2) is 8.44. The highest BCUT2D eigenvalue weighted by Crippen LogP contribution is 2.21. The van der Waals surface area contributed by atoms with Crippen LogP contribution in [0.25, 0.3) is 0 Å². The largest absolute Gasteiger partial charge is 0.496 e. The van der Waals surface area contributed by atoms with E-state index in [0.717, 1.165) is 38.2 Å². The van der Waals surface area contributed by atoms with Crippen LogP contribution in [-0.2, 0) is 11.3 Å². The van der Waals surface area contributed by atoms with E-state index in [0.29, 0.717) is 6.04 Å². The number of carbonyl (C=O) groups excluding carboxylic acids is 1. The average molecular weight is 322 g/mol. The highest BCUT2D eigenvalue weighted by atomic mass is 32.2. The molecule has 1 atom stereocenters. The molecule has 1 N–H and O–H groups in total. The molecule has 0 spiro atoms. The fourth-order valence-corrected chi connectivity index (χ4v) is 3.02. The number of likely N-dealkylation sites (tertiary alicyclic amines) is 1. The van der Waals surface area contributed by atoms with E-state index in [1.165, 1.54) is 5.56 Å². The van der Waals surface area contributed by atoms with Crippen molar-refractivity contribution in [3.05, 3.63) is 29.8 Å². The van der Waals surface area contributed by atoms with Gasteiger partial charge in [-0.2, -0.15) is 11.8 Å². The number of para-hydroxylation sites is 1. The van der Waals surface area contributed by atoms with Crippen LogP contribution in [0, 0.1) is 0 Å². The summed E-state index contributed by atoms with van der Waals surface area (Å²) >= 11 is 1.59. The molecular formula is C17H26N2O2S. The maximum Gasteiger partial charge on any atom is 0.233 e. The molecule has 1 heterocycles. The van der Waals surface area contributed by atoms with Gasteiger partial charge in [0.1, 0.15) is 5.75 Å². The van der Waals surface area contributed by atoms with Gasteiger partial charge in [-0.25, -0.2) is 0 Å². The molecule has 0 radical (unpaired) electrons. The van der Waals surface area contributed by atoms with E-state index in [4.69, 9.17) is 4.74 Å². The number of hydrogen-bond donors (Lipinski definition) is 1. The molecule has 22 heavy (non-hydrogen) atoms. The van der Waals surface area contributed by atoms with Crippen molar-refractivity contribution < 1.29 is 9.53 Å². The summed E-state index contributed by atoms with van der Waals surface area (Å²) in [7, 11) is 1.72. The van der Waals surface area contributed by atoms with Crippen molar-refractivity contribution in [2.45, 2.75) is 37.6 Å². The van der Waals surface area contributed by atoms with Gasteiger partial charge in [0.15, 0.2) is 0 Å². The van der Waals surface area contributed by atoms with Crippen LogP contribution in [0.1, 0.15) is 25.3 Å². The number of nitrogens with one attached hydrogen (secondary N) is 1. The van der Waals surface area contributed by atoms with Gasteiger partial charge in [0.2, 0.25) is 5.91 Å². The van der Waals surface area contributed by atoms with Crippen LogP contribution < -0.4 is 10.1 Å². The molecule has 5 heteroatoms. The Labute approximate surface area is 137 Å². The molecule has 122 valence electrons.